The molecule has 9 heteroatoms. The van der Waals surface area contributed by atoms with E-state index >= 15 is 0 Å². The Kier molecular flexibility index (Phi) is 6.22. The number of aromatic nitrogens is 1. The SMILES string of the molecule is CNS(=O)(=O)c1ccc(CNC(=O)N2CC3(CCCC3)c3nc(-c4ccc(O)cc4C)ccc32)cc1. The Morgan fingerprint density at radius 1 is 1.08 bits per heavy atom. The van der Waals surface area contributed by atoms with Gasteiger partial charge < -0.3 is 10.4 Å². The van der Waals surface area contributed by atoms with Crippen molar-refractivity contribution < 1.29 is 18.3 Å². The summed E-state index contributed by atoms with van der Waals surface area (Å²) in [5.41, 5.74) is 5.24. The maximum Gasteiger partial charge on any atom is 0.322 e. The fourth-order valence-corrected chi connectivity index (χ4v) is 6.14. The summed E-state index contributed by atoms with van der Waals surface area (Å²) in [5, 5.41) is 12.8. The van der Waals surface area contributed by atoms with Gasteiger partial charge in [0.25, 0.3) is 0 Å². The van der Waals surface area contributed by atoms with Gasteiger partial charge >= 0.3 is 6.03 Å². The lowest BCUT2D eigenvalue weighted by Crippen LogP contribution is -2.41. The maximum atomic E-state index is 13.3. The smallest absolute Gasteiger partial charge is 0.322 e. The zero-order valence-corrected chi connectivity index (χ0v) is 21.2. The Hall–Kier alpha value is -3.43. The second-order valence-electron chi connectivity index (χ2n) is 9.65. The molecule has 188 valence electrons. The number of anilines is 1. The van der Waals surface area contributed by atoms with Gasteiger partial charge in [0, 0.05) is 24.1 Å². The van der Waals surface area contributed by atoms with Crippen LogP contribution >= 0.6 is 0 Å². The molecule has 1 saturated carbocycles. The summed E-state index contributed by atoms with van der Waals surface area (Å²) in [6.45, 7) is 2.84. The van der Waals surface area contributed by atoms with Crippen molar-refractivity contribution in [2.75, 3.05) is 18.5 Å². The fourth-order valence-electron chi connectivity index (χ4n) is 5.41. The van der Waals surface area contributed by atoms with Gasteiger partial charge in [0.15, 0.2) is 0 Å². The Labute approximate surface area is 211 Å². The predicted octanol–water partition coefficient (Wildman–Crippen LogP) is 4.21. The van der Waals surface area contributed by atoms with Crippen molar-refractivity contribution in [3.63, 3.8) is 0 Å². The highest BCUT2D eigenvalue weighted by Gasteiger charge is 2.47. The minimum Gasteiger partial charge on any atom is -0.508 e. The highest BCUT2D eigenvalue weighted by Crippen LogP contribution is 2.50. The highest BCUT2D eigenvalue weighted by atomic mass is 32.2. The summed E-state index contributed by atoms with van der Waals surface area (Å²) < 4.78 is 26.2. The lowest BCUT2D eigenvalue weighted by atomic mass is 9.84. The van der Waals surface area contributed by atoms with Crippen LogP contribution in [0.4, 0.5) is 10.5 Å². The van der Waals surface area contributed by atoms with Gasteiger partial charge in [-0.1, -0.05) is 25.0 Å². The van der Waals surface area contributed by atoms with Crippen LogP contribution in [0.3, 0.4) is 0 Å². The molecular formula is C27H30N4O4S. The van der Waals surface area contributed by atoms with E-state index in [4.69, 9.17) is 4.98 Å². The number of hydrogen-bond acceptors (Lipinski definition) is 5. The predicted molar refractivity (Wildman–Crippen MR) is 138 cm³/mol. The Morgan fingerprint density at radius 2 is 1.81 bits per heavy atom. The molecule has 1 aliphatic carbocycles. The lowest BCUT2D eigenvalue weighted by Gasteiger charge is -2.24. The van der Waals surface area contributed by atoms with E-state index < -0.39 is 10.0 Å². The zero-order valence-electron chi connectivity index (χ0n) is 20.4. The number of carbonyl (C=O) groups is 1. The number of hydrogen-bond donors (Lipinski definition) is 3. The van der Waals surface area contributed by atoms with Crippen LogP contribution in [0.1, 0.15) is 42.5 Å². The molecule has 1 spiro atoms. The maximum absolute atomic E-state index is 13.3. The minimum atomic E-state index is -3.50. The second-order valence-corrected chi connectivity index (χ2v) is 11.5. The molecule has 0 radical (unpaired) electrons. The van der Waals surface area contributed by atoms with Crippen LogP contribution in [0.2, 0.25) is 0 Å². The van der Waals surface area contributed by atoms with Crippen molar-refractivity contribution in [3.8, 4) is 17.0 Å². The van der Waals surface area contributed by atoms with Gasteiger partial charge in [-0.05, 0) is 80.4 Å². The van der Waals surface area contributed by atoms with Crippen molar-refractivity contribution in [1.29, 1.82) is 0 Å². The van der Waals surface area contributed by atoms with Gasteiger partial charge in [-0.25, -0.2) is 22.9 Å². The normalized spacial score (nSPS) is 16.3. The number of phenolic OH excluding ortho intramolecular Hbond substituents is 1. The zero-order chi connectivity index (χ0) is 25.5. The molecule has 3 aromatic rings. The van der Waals surface area contributed by atoms with Crippen LogP contribution in [-0.4, -0.2) is 38.1 Å². The molecule has 1 aliphatic heterocycles. The van der Waals surface area contributed by atoms with E-state index in [1.54, 1.807) is 29.2 Å². The summed E-state index contributed by atoms with van der Waals surface area (Å²) >= 11 is 0. The molecule has 2 amide bonds. The average molecular weight is 507 g/mol. The third-order valence-electron chi connectivity index (χ3n) is 7.37. The number of aryl methyl sites for hydroxylation is 1. The van der Waals surface area contributed by atoms with Crippen LogP contribution in [0.25, 0.3) is 11.3 Å². The standard InChI is InChI=1S/C27H30N4O4S/c1-18-15-20(32)7-10-22(18)23-11-12-24-25(30-23)27(13-3-4-14-27)17-31(24)26(33)29-16-19-5-8-21(9-6-19)36(34,35)28-2/h5-12,15,28,32H,3-4,13-14,16-17H2,1-2H3,(H,29,33). The number of sulfonamides is 1. The molecule has 0 unspecified atom stereocenters. The number of aromatic hydroxyl groups is 1. The molecule has 0 bridgehead atoms. The largest absolute Gasteiger partial charge is 0.508 e. The molecule has 0 saturated heterocycles. The first kappa shape index (κ1) is 24.3. The van der Waals surface area contributed by atoms with Crippen LogP contribution in [0.5, 0.6) is 5.75 Å². The minimum absolute atomic E-state index is 0.142. The molecule has 1 aromatic heterocycles. The summed E-state index contributed by atoms with van der Waals surface area (Å²) in [5.74, 6) is 0.228. The number of fused-ring (bicyclic) bond motifs is 2. The van der Waals surface area contributed by atoms with Gasteiger partial charge in [0.05, 0.1) is 22.0 Å². The molecule has 2 aromatic carbocycles. The van der Waals surface area contributed by atoms with Gasteiger partial charge in [0.2, 0.25) is 10.0 Å². The molecule has 2 aliphatic rings. The molecular weight excluding hydrogens is 476 g/mol. The molecule has 3 N–H and O–H groups in total. The van der Waals surface area contributed by atoms with Crippen LogP contribution < -0.4 is 14.9 Å². The van der Waals surface area contributed by atoms with Gasteiger partial charge in [-0.15, -0.1) is 0 Å². The summed E-state index contributed by atoms with van der Waals surface area (Å²) in [7, 11) is -2.13. The molecule has 36 heavy (non-hydrogen) atoms. The van der Waals surface area contributed by atoms with E-state index in [0.717, 1.165) is 59.4 Å². The molecule has 0 atom stereocenters. The van der Waals surface area contributed by atoms with Gasteiger partial charge in [0.1, 0.15) is 5.75 Å². The third kappa shape index (κ3) is 4.33. The van der Waals surface area contributed by atoms with Crippen LogP contribution in [-0.2, 0) is 22.0 Å². The number of phenols is 1. The number of nitrogens with zero attached hydrogens (tertiary/aromatic N) is 2. The molecule has 5 rings (SSSR count). The summed E-state index contributed by atoms with van der Waals surface area (Å²) in [4.78, 5) is 20.3. The van der Waals surface area contributed by atoms with Crippen molar-refractivity contribution in [3.05, 3.63) is 71.4 Å². The van der Waals surface area contributed by atoms with Crippen molar-refractivity contribution >= 4 is 21.7 Å². The molecule has 1 fully saturated rings. The lowest BCUT2D eigenvalue weighted by molar-refractivity contribution is 0.245. The Balaban J connectivity index is 1.38. The summed E-state index contributed by atoms with van der Waals surface area (Å²) in [6.07, 6.45) is 4.22. The fraction of sp³-hybridized carbons (Fsp3) is 0.333. The first-order valence-corrected chi connectivity index (χ1v) is 13.6. The first-order valence-electron chi connectivity index (χ1n) is 12.1. The quantitative estimate of drug-likeness (QED) is 0.480. The summed E-state index contributed by atoms with van der Waals surface area (Å²) in [6, 6.07) is 15.5. The number of pyridine rings is 1. The molecule has 2 heterocycles. The van der Waals surface area contributed by atoms with E-state index in [-0.39, 0.29) is 28.6 Å². The molecule has 8 nitrogen and oxygen atoms in total. The van der Waals surface area contributed by atoms with Gasteiger partial charge in [-0.3, -0.25) is 4.90 Å². The van der Waals surface area contributed by atoms with Gasteiger partial charge in [-0.2, -0.15) is 0 Å². The number of urea groups is 1. The van der Waals surface area contributed by atoms with Crippen molar-refractivity contribution in [2.24, 2.45) is 0 Å². The average Bonchev–Trinajstić information content (AvgIpc) is 3.48. The second kappa shape index (κ2) is 9.22. The van der Waals surface area contributed by atoms with E-state index in [1.807, 2.05) is 25.1 Å². The van der Waals surface area contributed by atoms with Crippen LogP contribution in [0.15, 0.2) is 59.5 Å². The van der Waals surface area contributed by atoms with E-state index in [0.29, 0.717) is 6.54 Å². The number of carbonyl (C=O) groups excluding carboxylic acids is 1. The monoisotopic (exact) mass is 506 g/mol. The first-order chi connectivity index (χ1) is 17.2. The Bertz CT molecular complexity index is 1410. The number of amides is 2. The van der Waals surface area contributed by atoms with E-state index in [2.05, 4.69) is 10.0 Å². The van der Waals surface area contributed by atoms with E-state index in [9.17, 15) is 18.3 Å². The third-order valence-corrected chi connectivity index (χ3v) is 8.80. The van der Waals surface area contributed by atoms with E-state index in [1.165, 1.54) is 19.2 Å². The number of nitrogens with one attached hydrogen (secondary N) is 2. The Morgan fingerprint density at radius 3 is 2.47 bits per heavy atom. The van der Waals surface area contributed by atoms with Crippen molar-refractivity contribution in [2.45, 2.75) is 49.5 Å². The highest BCUT2D eigenvalue weighted by molar-refractivity contribution is 7.89. The van der Waals surface area contributed by atoms with Crippen molar-refractivity contribution in [1.82, 2.24) is 15.0 Å². The number of benzene rings is 2. The topological polar surface area (TPSA) is 112 Å². The number of rotatable bonds is 5. The van der Waals surface area contributed by atoms with Crippen LogP contribution in [0, 0.1) is 6.92 Å².